The molecule has 1 aliphatic heterocycles. The van der Waals surface area contributed by atoms with Gasteiger partial charge in [0.1, 0.15) is 11.7 Å². The summed E-state index contributed by atoms with van der Waals surface area (Å²) >= 11 is 0. The summed E-state index contributed by atoms with van der Waals surface area (Å²) in [5, 5.41) is 10.7. The topological polar surface area (TPSA) is 63.6 Å². The fourth-order valence-corrected chi connectivity index (χ4v) is 4.43. The Kier molecular flexibility index (Phi) is 4.88. The Balaban J connectivity index is 1.87. The molecule has 0 amide bonds. The molecular formula is C20H26O4. The summed E-state index contributed by atoms with van der Waals surface area (Å²) < 4.78 is 5.33. The van der Waals surface area contributed by atoms with Gasteiger partial charge in [0.25, 0.3) is 0 Å². The maximum atomic E-state index is 13.0. The van der Waals surface area contributed by atoms with Crippen molar-refractivity contribution in [1.29, 1.82) is 0 Å². The number of ether oxygens (including phenoxy) is 1. The molecule has 1 aliphatic carbocycles. The molecule has 1 N–H and O–H groups in total. The van der Waals surface area contributed by atoms with Crippen molar-refractivity contribution in [2.75, 3.05) is 13.2 Å². The lowest BCUT2D eigenvalue weighted by molar-refractivity contribution is -0.127. The van der Waals surface area contributed by atoms with Gasteiger partial charge in [-0.1, -0.05) is 17.7 Å². The summed E-state index contributed by atoms with van der Waals surface area (Å²) in [5.74, 6) is -1.37. The van der Waals surface area contributed by atoms with Gasteiger partial charge in [-0.15, -0.1) is 0 Å². The highest BCUT2D eigenvalue weighted by Gasteiger charge is 2.47. The zero-order valence-corrected chi connectivity index (χ0v) is 14.7. The van der Waals surface area contributed by atoms with Gasteiger partial charge in [0, 0.05) is 19.6 Å². The van der Waals surface area contributed by atoms with Crippen molar-refractivity contribution in [1.82, 2.24) is 0 Å². The molecule has 24 heavy (non-hydrogen) atoms. The van der Waals surface area contributed by atoms with Crippen LogP contribution in [0.1, 0.15) is 47.4 Å². The zero-order valence-electron chi connectivity index (χ0n) is 14.7. The number of hydrogen-bond donors (Lipinski definition) is 1. The highest BCUT2D eigenvalue weighted by molar-refractivity contribution is 6.15. The van der Waals surface area contributed by atoms with Gasteiger partial charge >= 0.3 is 0 Å². The Hall–Kier alpha value is -1.52. The quantitative estimate of drug-likeness (QED) is 0.866. The second-order valence-corrected chi connectivity index (χ2v) is 7.37. The van der Waals surface area contributed by atoms with E-state index in [2.05, 4.69) is 0 Å². The van der Waals surface area contributed by atoms with E-state index in [1.165, 1.54) is 0 Å². The lowest BCUT2D eigenvalue weighted by Crippen LogP contribution is -2.36. The van der Waals surface area contributed by atoms with Gasteiger partial charge in [0.15, 0.2) is 5.78 Å². The molecule has 2 fully saturated rings. The smallest absolute Gasteiger partial charge is 0.153 e. The van der Waals surface area contributed by atoms with Crippen LogP contribution in [0.3, 0.4) is 0 Å². The molecule has 2 aliphatic rings. The van der Waals surface area contributed by atoms with Crippen LogP contribution in [0.5, 0.6) is 0 Å². The fraction of sp³-hybridized carbons (Fsp3) is 0.600. The van der Waals surface area contributed by atoms with E-state index in [9.17, 15) is 14.7 Å². The van der Waals surface area contributed by atoms with Crippen molar-refractivity contribution < 1.29 is 19.4 Å². The van der Waals surface area contributed by atoms with Crippen LogP contribution in [-0.4, -0.2) is 36.0 Å². The van der Waals surface area contributed by atoms with E-state index in [4.69, 9.17) is 4.74 Å². The van der Waals surface area contributed by atoms with Crippen LogP contribution in [0, 0.1) is 32.6 Å². The molecule has 4 heteroatoms. The average molecular weight is 330 g/mol. The Morgan fingerprint density at radius 2 is 1.67 bits per heavy atom. The molecule has 0 spiro atoms. The summed E-state index contributed by atoms with van der Waals surface area (Å²) in [4.78, 5) is 25.6. The molecule has 1 saturated heterocycles. The van der Waals surface area contributed by atoms with Crippen LogP contribution in [0.15, 0.2) is 12.1 Å². The van der Waals surface area contributed by atoms with Crippen molar-refractivity contribution in [3.63, 3.8) is 0 Å². The summed E-state index contributed by atoms with van der Waals surface area (Å²) in [7, 11) is 0. The first-order valence-electron chi connectivity index (χ1n) is 8.80. The number of carbonyl (C=O) groups excluding carboxylic acids is 2. The van der Waals surface area contributed by atoms with Gasteiger partial charge in [-0.3, -0.25) is 9.59 Å². The predicted octanol–water partition coefficient (Wildman–Crippen LogP) is 2.64. The lowest BCUT2D eigenvalue weighted by atomic mass is 9.82. The molecule has 0 radical (unpaired) electrons. The van der Waals surface area contributed by atoms with Crippen molar-refractivity contribution in [2.45, 2.75) is 52.1 Å². The van der Waals surface area contributed by atoms with Crippen molar-refractivity contribution in [2.24, 2.45) is 11.8 Å². The number of rotatable bonds is 3. The third-order valence-corrected chi connectivity index (χ3v) is 5.58. The minimum absolute atomic E-state index is 0.0498. The summed E-state index contributed by atoms with van der Waals surface area (Å²) in [5.41, 5.74) is 3.95. The van der Waals surface area contributed by atoms with E-state index in [1.807, 2.05) is 32.9 Å². The Bertz CT molecular complexity index is 635. The zero-order chi connectivity index (χ0) is 17.4. The van der Waals surface area contributed by atoms with Crippen LogP contribution in [0.2, 0.25) is 0 Å². The van der Waals surface area contributed by atoms with Crippen molar-refractivity contribution in [3.05, 3.63) is 34.4 Å². The molecule has 130 valence electrons. The van der Waals surface area contributed by atoms with E-state index in [-0.39, 0.29) is 23.9 Å². The normalized spacial score (nSPS) is 26.8. The first-order valence-corrected chi connectivity index (χ1v) is 8.80. The molecule has 1 heterocycles. The molecule has 1 saturated carbocycles. The lowest BCUT2D eigenvalue weighted by Gasteiger charge is -2.29. The summed E-state index contributed by atoms with van der Waals surface area (Å²) in [6.45, 7) is 7.17. The molecule has 1 aromatic rings. The second kappa shape index (κ2) is 6.77. The monoisotopic (exact) mass is 330 g/mol. The number of ketones is 2. The van der Waals surface area contributed by atoms with E-state index in [1.54, 1.807) is 0 Å². The molecule has 4 nitrogen and oxygen atoms in total. The van der Waals surface area contributed by atoms with E-state index >= 15 is 0 Å². The van der Waals surface area contributed by atoms with Crippen LogP contribution in [-0.2, 0) is 14.3 Å². The van der Waals surface area contributed by atoms with E-state index in [0.29, 0.717) is 13.2 Å². The summed E-state index contributed by atoms with van der Waals surface area (Å²) in [6.07, 6.45) is 0.939. The molecule has 1 aromatic carbocycles. The van der Waals surface area contributed by atoms with Crippen LogP contribution in [0.25, 0.3) is 0 Å². The Labute approximate surface area is 143 Å². The van der Waals surface area contributed by atoms with Gasteiger partial charge in [-0.25, -0.2) is 0 Å². The Morgan fingerprint density at radius 1 is 1.08 bits per heavy atom. The van der Waals surface area contributed by atoms with E-state index in [0.717, 1.165) is 35.1 Å². The van der Waals surface area contributed by atoms with Gasteiger partial charge in [-0.2, -0.15) is 0 Å². The Morgan fingerprint density at radius 3 is 2.25 bits per heavy atom. The minimum atomic E-state index is -0.735. The maximum absolute atomic E-state index is 13.0. The standard InChI is InChI=1S/C20H26O4/c1-11-8-12(2)17(13(3)9-11)18-16(21)10-15(20(18)23)19(22)14-4-6-24-7-5-14/h8-9,14-15,18-19,22H,4-7,10H2,1-3H3. The number of aliphatic hydroxyl groups is 1. The molecule has 0 aromatic heterocycles. The average Bonchev–Trinajstić information content (AvgIpc) is 2.82. The van der Waals surface area contributed by atoms with Crippen molar-refractivity contribution >= 4 is 11.6 Å². The van der Waals surface area contributed by atoms with Crippen LogP contribution >= 0.6 is 0 Å². The van der Waals surface area contributed by atoms with Crippen molar-refractivity contribution in [3.8, 4) is 0 Å². The maximum Gasteiger partial charge on any atom is 0.153 e. The van der Waals surface area contributed by atoms with Crippen LogP contribution in [0.4, 0.5) is 0 Å². The number of Topliss-reactive ketones (excluding diaryl/α,β-unsaturated/α-hetero) is 2. The number of aryl methyl sites for hydroxylation is 3. The number of benzene rings is 1. The van der Waals surface area contributed by atoms with Crippen LogP contribution < -0.4 is 0 Å². The molecule has 3 atom stereocenters. The molecule has 3 rings (SSSR count). The minimum Gasteiger partial charge on any atom is -0.392 e. The molecule has 0 bridgehead atoms. The van der Waals surface area contributed by atoms with Gasteiger partial charge in [0.2, 0.25) is 0 Å². The second-order valence-electron chi connectivity index (χ2n) is 7.37. The van der Waals surface area contributed by atoms with E-state index < -0.39 is 17.9 Å². The highest BCUT2D eigenvalue weighted by atomic mass is 16.5. The summed E-state index contributed by atoms with van der Waals surface area (Å²) in [6, 6.07) is 4.04. The predicted molar refractivity (Wildman–Crippen MR) is 91.1 cm³/mol. The molecule has 3 unspecified atom stereocenters. The number of hydrogen-bond acceptors (Lipinski definition) is 4. The van der Waals surface area contributed by atoms with Gasteiger partial charge < -0.3 is 9.84 Å². The first kappa shape index (κ1) is 17.3. The van der Waals surface area contributed by atoms with Gasteiger partial charge in [-0.05, 0) is 56.2 Å². The largest absolute Gasteiger partial charge is 0.392 e. The third-order valence-electron chi connectivity index (χ3n) is 5.58. The fourth-order valence-electron chi connectivity index (χ4n) is 4.43. The highest BCUT2D eigenvalue weighted by Crippen LogP contribution is 2.39. The van der Waals surface area contributed by atoms with Gasteiger partial charge in [0.05, 0.1) is 12.0 Å². The SMILES string of the molecule is Cc1cc(C)c(C2C(=O)CC(C(O)C3CCOCC3)C2=O)c(C)c1. The number of carbonyl (C=O) groups is 2. The molecular weight excluding hydrogens is 304 g/mol. The third kappa shape index (κ3) is 3.05. The first-order chi connectivity index (χ1) is 11.4. The number of aliphatic hydroxyl groups excluding tert-OH is 1.